The number of carboxylic acids is 1. The van der Waals surface area contributed by atoms with E-state index in [1.165, 1.54) is 19.3 Å². The molecule has 0 radical (unpaired) electrons. The average Bonchev–Trinajstić information content (AvgIpc) is 2.18. The third-order valence-corrected chi connectivity index (χ3v) is 3.11. The molecule has 3 nitrogen and oxygen atoms in total. The molecule has 1 saturated carbocycles. The van der Waals surface area contributed by atoms with E-state index in [0.29, 0.717) is 12.3 Å². The highest BCUT2D eigenvalue weighted by Gasteiger charge is 2.25. The van der Waals surface area contributed by atoms with Crippen LogP contribution in [-0.2, 0) is 4.79 Å². The number of rotatable bonds is 4. The van der Waals surface area contributed by atoms with Crippen molar-refractivity contribution in [1.29, 1.82) is 5.26 Å². The van der Waals surface area contributed by atoms with Crippen LogP contribution < -0.4 is 0 Å². The molecule has 0 amide bonds. The Kier molecular flexibility index (Phi) is 4.45. The summed E-state index contributed by atoms with van der Waals surface area (Å²) in [5.74, 6) is -0.215. The molecule has 1 aliphatic carbocycles. The smallest absolute Gasteiger partial charge is 0.303 e. The fourth-order valence-electron chi connectivity index (χ4n) is 2.35. The lowest BCUT2D eigenvalue weighted by Gasteiger charge is -2.27. The zero-order valence-electron chi connectivity index (χ0n) is 8.41. The molecule has 1 fully saturated rings. The summed E-state index contributed by atoms with van der Waals surface area (Å²) in [5, 5.41) is 17.4. The van der Waals surface area contributed by atoms with Crippen LogP contribution in [0.15, 0.2) is 0 Å². The summed E-state index contributed by atoms with van der Waals surface area (Å²) in [5.41, 5.74) is 0. The summed E-state index contributed by atoms with van der Waals surface area (Å²) in [6.07, 6.45) is 6.45. The van der Waals surface area contributed by atoms with Gasteiger partial charge in [0.1, 0.15) is 0 Å². The van der Waals surface area contributed by atoms with Gasteiger partial charge in [-0.1, -0.05) is 32.1 Å². The fraction of sp³-hybridized carbons (Fsp3) is 0.818. The molecule has 3 heteroatoms. The minimum absolute atomic E-state index is 0.0813. The van der Waals surface area contributed by atoms with Crippen molar-refractivity contribution in [3.63, 3.8) is 0 Å². The van der Waals surface area contributed by atoms with Crippen molar-refractivity contribution in [3.8, 4) is 6.07 Å². The molecular formula is C11H17NO2. The van der Waals surface area contributed by atoms with Crippen molar-refractivity contribution in [2.24, 2.45) is 11.8 Å². The first-order chi connectivity index (χ1) is 6.74. The van der Waals surface area contributed by atoms with Crippen LogP contribution in [-0.4, -0.2) is 11.1 Å². The van der Waals surface area contributed by atoms with Gasteiger partial charge in [-0.3, -0.25) is 4.79 Å². The number of aliphatic carboxylic acids is 1. The van der Waals surface area contributed by atoms with Crippen molar-refractivity contribution in [1.82, 2.24) is 0 Å². The predicted molar refractivity (Wildman–Crippen MR) is 52.5 cm³/mol. The second kappa shape index (κ2) is 5.64. The highest BCUT2D eigenvalue weighted by Crippen LogP contribution is 2.33. The lowest BCUT2D eigenvalue weighted by Crippen LogP contribution is -2.20. The lowest BCUT2D eigenvalue weighted by atomic mass is 9.77. The van der Waals surface area contributed by atoms with Crippen molar-refractivity contribution in [3.05, 3.63) is 0 Å². The van der Waals surface area contributed by atoms with Gasteiger partial charge in [0.15, 0.2) is 0 Å². The Labute approximate surface area is 84.7 Å². The molecule has 1 rings (SSSR count). The first-order valence-corrected chi connectivity index (χ1v) is 5.32. The van der Waals surface area contributed by atoms with Crippen molar-refractivity contribution in [2.45, 2.75) is 44.9 Å². The van der Waals surface area contributed by atoms with Crippen LogP contribution in [0.4, 0.5) is 0 Å². The maximum absolute atomic E-state index is 10.6. The average molecular weight is 195 g/mol. The molecule has 0 aliphatic heterocycles. The Balaban J connectivity index is 2.47. The summed E-state index contributed by atoms with van der Waals surface area (Å²) in [6.45, 7) is 0. The topological polar surface area (TPSA) is 61.1 Å². The second-order valence-corrected chi connectivity index (χ2v) is 4.12. The van der Waals surface area contributed by atoms with Gasteiger partial charge in [-0.25, -0.2) is 0 Å². The molecule has 1 atom stereocenters. The van der Waals surface area contributed by atoms with E-state index in [1.807, 2.05) is 0 Å². The number of nitrogens with zero attached hydrogens (tertiary/aromatic N) is 1. The molecule has 0 aromatic rings. The summed E-state index contributed by atoms with van der Waals surface area (Å²) < 4.78 is 0. The van der Waals surface area contributed by atoms with Crippen molar-refractivity contribution >= 4 is 5.97 Å². The van der Waals surface area contributed by atoms with E-state index in [-0.39, 0.29) is 12.3 Å². The standard InChI is InChI=1S/C11H17NO2/c12-7-6-10(8-11(13)14)9-4-2-1-3-5-9/h9-10H,1-6,8H2,(H,13,14)/t10-/m0/s1. The van der Waals surface area contributed by atoms with E-state index >= 15 is 0 Å². The molecule has 1 aliphatic rings. The van der Waals surface area contributed by atoms with Crippen molar-refractivity contribution < 1.29 is 9.90 Å². The maximum Gasteiger partial charge on any atom is 0.303 e. The van der Waals surface area contributed by atoms with E-state index in [4.69, 9.17) is 10.4 Å². The Morgan fingerprint density at radius 3 is 2.57 bits per heavy atom. The monoisotopic (exact) mass is 195 g/mol. The van der Waals surface area contributed by atoms with Gasteiger partial charge in [-0.2, -0.15) is 5.26 Å². The number of nitriles is 1. The van der Waals surface area contributed by atoms with Crippen LogP contribution >= 0.6 is 0 Å². The third-order valence-electron chi connectivity index (χ3n) is 3.11. The van der Waals surface area contributed by atoms with E-state index in [2.05, 4.69) is 6.07 Å². The number of carboxylic acid groups (broad SMARTS) is 1. The van der Waals surface area contributed by atoms with Gasteiger partial charge in [0, 0.05) is 12.8 Å². The number of carbonyl (C=O) groups is 1. The summed E-state index contributed by atoms with van der Waals surface area (Å²) in [4.78, 5) is 10.6. The first kappa shape index (κ1) is 11.0. The van der Waals surface area contributed by atoms with Crippen LogP contribution in [0, 0.1) is 23.2 Å². The van der Waals surface area contributed by atoms with Gasteiger partial charge in [-0.05, 0) is 11.8 Å². The van der Waals surface area contributed by atoms with Gasteiger partial charge >= 0.3 is 5.97 Å². The predicted octanol–water partition coefficient (Wildman–Crippen LogP) is 2.57. The Hall–Kier alpha value is -1.04. The maximum atomic E-state index is 10.6. The molecule has 78 valence electrons. The Morgan fingerprint density at radius 2 is 2.07 bits per heavy atom. The highest BCUT2D eigenvalue weighted by atomic mass is 16.4. The van der Waals surface area contributed by atoms with Crippen LogP contribution in [0.5, 0.6) is 0 Å². The lowest BCUT2D eigenvalue weighted by molar-refractivity contribution is -0.138. The number of hydrogen-bond acceptors (Lipinski definition) is 2. The van der Waals surface area contributed by atoms with Crippen LogP contribution in [0.1, 0.15) is 44.9 Å². The van der Waals surface area contributed by atoms with Gasteiger partial charge in [-0.15, -0.1) is 0 Å². The van der Waals surface area contributed by atoms with E-state index in [9.17, 15) is 4.79 Å². The normalized spacial score (nSPS) is 19.9. The summed E-state index contributed by atoms with van der Waals surface area (Å²) in [6, 6.07) is 2.11. The van der Waals surface area contributed by atoms with Gasteiger partial charge < -0.3 is 5.11 Å². The Bertz CT molecular complexity index is 226. The molecule has 0 spiro atoms. The zero-order valence-corrected chi connectivity index (χ0v) is 8.41. The van der Waals surface area contributed by atoms with Gasteiger partial charge in [0.2, 0.25) is 0 Å². The van der Waals surface area contributed by atoms with Crippen molar-refractivity contribution in [2.75, 3.05) is 0 Å². The number of hydrogen-bond donors (Lipinski definition) is 1. The molecule has 0 bridgehead atoms. The molecule has 1 N–H and O–H groups in total. The molecule has 0 aromatic carbocycles. The molecule has 0 saturated heterocycles. The van der Waals surface area contributed by atoms with Gasteiger partial charge in [0.05, 0.1) is 6.07 Å². The van der Waals surface area contributed by atoms with E-state index < -0.39 is 5.97 Å². The molecule has 0 aromatic heterocycles. The molecular weight excluding hydrogens is 178 g/mol. The minimum atomic E-state index is -0.768. The van der Waals surface area contributed by atoms with Gasteiger partial charge in [0.25, 0.3) is 0 Å². The van der Waals surface area contributed by atoms with Crippen LogP contribution in [0.25, 0.3) is 0 Å². The molecule has 0 unspecified atom stereocenters. The zero-order chi connectivity index (χ0) is 10.4. The molecule has 0 heterocycles. The van der Waals surface area contributed by atoms with E-state index in [1.54, 1.807) is 0 Å². The minimum Gasteiger partial charge on any atom is -0.481 e. The summed E-state index contributed by atoms with van der Waals surface area (Å²) >= 11 is 0. The largest absolute Gasteiger partial charge is 0.481 e. The first-order valence-electron chi connectivity index (χ1n) is 5.32. The van der Waals surface area contributed by atoms with E-state index in [0.717, 1.165) is 12.8 Å². The molecule has 14 heavy (non-hydrogen) atoms. The quantitative estimate of drug-likeness (QED) is 0.749. The Morgan fingerprint density at radius 1 is 1.43 bits per heavy atom. The highest BCUT2D eigenvalue weighted by molar-refractivity contribution is 5.67. The fourth-order valence-corrected chi connectivity index (χ4v) is 2.35. The SMILES string of the molecule is N#CC[C@@H](CC(=O)O)C1CCCCC1. The van der Waals surface area contributed by atoms with Crippen LogP contribution in [0.2, 0.25) is 0 Å². The summed E-state index contributed by atoms with van der Waals surface area (Å²) in [7, 11) is 0. The second-order valence-electron chi connectivity index (χ2n) is 4.12. The van der Waals surface area contributed by atoms with Crippen LogP contribution in [0.3, 0.4) is 0 Å². The third kappa shape index (κ3) is 3.37.